The molecule has 1 atom stereocenters. The van der Waals surface area contributed by atoms with E-state index in [4.69, 9.17) is 0 Å². The van der Waals surface area contributed by atoms with Crippen LogP contribution in [0, 0.1) is 12.8 Å². The molecule has 0 spiro atoms. The molecule has 0 aromatic carbocycles. The van der Waals surface area contributed by atoms with Gasteiger partial charge in [-0.1, -0.05) is 6.07 Å². The van der Waals surface area contributed by atoms with Crippen LogP contribution in [0.5, 0.6) is 0 Å². The molecule has 2 N–H and O–H groups in total. The van der Waals surface area contributed by atoms with Crippen LogP contribution in [0.2, 0.25) is 0 Å². The van der Waals surface area contributed by atoms with Gasteiger partial charge in [-0.05, 0) is 37.3 Å². The van der Waals surface area contributed by atoms with E-state index in [1.807, 2.05) is 42.9 Å². The molecule has 0 radical (unpaired) electrons. The molecule has 3 heterocycles. The molecule has 7 nitrogen and oxygen atoms in total. The van der Waals surface area contributed by atoms with Crippen LogP contribution >= 0.6 is 0 Å². The number of aryl methyl sites for hydroxylation is 2. The zero-order chi connectivity index (χ0) is 17.6. The molecule has 3 aromatic heterocycles. The monoisotopic (exact) mass is 339 g/mol. The van der Waals surface area contributed by atoms with E-state index in [0.717, 1.165) is 16.8 Å². The number of aromatic nitrogens is 4. The van der Waals surface area contributed by atoms with Gasteiger partial charge in [0.2, 0.25) is 0 Å². The number of carbonyl (C=O) groups excluding carboxylic acids is 1. The summed E-state index contributed by atoms with van der Waals surface area (Å²) in [6.45, 7) is 2.00. The number of amides is 1. The lowest BCUT2D eigenvalue weighted by atomic mass is 9.75. The Morgan fingerprint density at radius 3 is 2.80 bits per heavy atom. The van der Waals surface area contributed by atoms with Crippen molar-refractivity contribution in [1.29, 1.82) is 0 Å². The van der Waals surface area contributed by atoms with Crippen molar-refractivity contribution in [3.05, 3.63) is 53.7 Å². The van der Waals surface area contributed by atoms with Crippen LogP contribution in [0.15, 0.2) is 36.9 Å². The first-order chi connectivity index (χ1) is 12.0. The molecule has 25 heavy (non-hydrogen) atoms. The summed E-state index contributed by atoms with van der Waals surface area (Å²) >= 11 is 0. The summed E-state index contributed by atoms with van der Waals surface area (Å²) in [5.41, 5.74) is 3.19. The third kappa shape index (κ3) is 3.02. The molecule has 1 amide bonds. The summed E-state index contributed by atoms with van der Waals surface area (Å²) in [5.74, 6) is -0.000906. The molecule has 130 valence electrons. The van der Waals surface area contributed by atoms with Crippen LogP contribution in [0.1, 0.15) is 40.5 Å². The average Bonchev–Trinajstić information content (AvgIpc) is 3.15. The Bertz CT molecular complexity index is 923. The van der Waals surface area contributed by atoms with Gasteiger partial charge < -0.3 is 14.8 Å². The third-order valence-electron chi connectivity index (χ3n) is 4.82. The van der Waals surface area contributed by atoms with Crippen LogP contribution in [-0.4, -0.2) is 36.3 Å². The zero-order valence-electron chi connectivity index (χ0n) is 14.3. The fourth-order valence-electron chi connectivity index (χ4n) is 3.40. The maximum absolute atomic E-state index is 12.7. The van der Waals surface area contributed by atoms with E-state index in [-0.39, 0.29) is 24.0 Å². The molecule has 1 saturated carbocycles. The maximum atomic E-state index is 12.7. The van der Waals surface area contributed by atoms with Gasteiger partial charge in [-0.3, -0.25) is 9.48 Å². The van der Waals surface area contributed by atoms with Crippen LogP contribution in [0.3, 0.4) is 0 Å². The fourth-order valence-corrected chi connectivity index (χ4v) is 3.40. The first-order valence-electron chi connectivity index (χ1n) is 8.42. The van der Waals surface area contributed by atoms with Crippen molar-refractivity contribution in [2.45, 2.75) is 31.9 Å². The highest BCUT2D eigenvalue weighted by atomic mass is 16.3. The SMILES string of the molecule is Cc1ccc2nc(C(=O)N[C@H](c3cnn(C)c3)C3CC(O)C3)cn2c1. The molecule has 4 rings (SSSR count). The van der Waals surface area contributed by atoms with E-state index < -0.39 is 0 Å². The molecule has 0 bridgehead atoms. The van der Waals surface area contributed by atoms with Crippen molar-refractivity contribution >= 4 is 11.6 Å². The normalized spacial score (nSPS) is 21.1. The molecule has 0 aliphatic heterocycles. The quantitative estimate of drug-likeness (QED) is 0.756. The van der Waals surface area contributed by atoms with Crippen LogP contribution < -0.4 is 5.32 Å². The van der Waals surface area contributed by atoms with E-state index in [1.54, 1.807) is 17.1 Å². The molecule has 0 saturated heterocycles. The van der Waals surface area contributed by atoms with E-state index in [2.05, 4.69) is 15.4 Å². The van der Waals surface area contributed by atoms with Gasteiger partial charge in [0.15, 0.2) is 0 Å². The van der Waals surface area contributed by atoms with E-state index >= 15 is 0 Å². The number of hydrogen-bond acceptors (Lipinski definition) is 4. The lowest BCUT2D eigenvalue weighted by Gasteiger charge is -2.37. The number of imidazole rings is 1. The second-order valence-electron chi connectivity index (χ2n) is 6.88. The third-order valence-corrected chi connectivity index (χ3v) is 4.82. The molecular weight excluding hydrogens is 318 g/mol. The number of rotatable bonds is 4. The standard InChI is InChI=1S/C18H21N5O2/c1-11-3-4-16-20-15(10-23(16)8-11)18(25)21-17(12-5-14(24)6-12)13-7-19-22(2)9-13/h3-4,7-10,12,14,17,24H,5-6H2,1-2H3,(H,21,25)/t12?,14?,17-/m0/s1. The van der Waals surface area contributed by atoms with E-state index in [1.165, 1.54) is 0 Å². The number of pyridine rings is 1. The van der Waals surface area contributed by atoms with Crippen LogP contribution in [0.4, 0.5) is 0 Å². The molecule has 7 heteroatoms. The van der Waals surface area contributed by atoms with Crippen molar-refractivity contribution in [3.63, 3.8) is 0 Å². The first-order valence-corrected chi connectivity index (χ1v) is 8.42. The second kappa shape index (κ2) is 6.00. The number of aliphatic hydroxyl groups excluding tert-OH is 1. The maximum Gasteiger partial charge on any atom is 0.272 e. The van der Waals surface area contributed by atoms with Crippen molar-refractivity contribution < 1.29 is 9.90 Å². The number of carbonyl (C=O) groups is 1. The van der Waals surface area contributed by atoms with Gasteiger partial charge in [0, 0.05) is 31.2 Å². The molecule has 1 aliphatic rings. The highest BCUT2D eigenvalue weighted by Crippen LogP contribution is 2.38. The lowest BCUT2D eigenvalue weighted by molar-refractivity contribution is 0.0234. The molecule has 1 aliphatic carbocycles. The fraction of sp³-hybridized carbons (Fsp3) is 0.389. The van der Waals surface area contributed by atoms with Gasteiger partial charge >= 0.3 is 0 Å². The predicted molar refractivity (Wildman–Crippen MR) is 92.1 cm³/mol. The lowest BCUT2D eigenvalue weighted by Crippen LogP contribution is -2.41. The van der Waals surface area contributed by atoms with E-state index in [0.29, 0.717) is 18.5 Å². The average molecular weight is 339 g/mol. The summed E-state index contributed by atoms with van der Waals surface area (Å²) in [6.07, 6.45) is 8.45. The highest BCUT2D eigenvalue weighted by molar-refractivity contribution is 5.93. The van der Waals surface area contributed by atoms with Gasteiger partial charge in [0.05, 0.1) is 18.3 Å². The predicted octanol–water partition coefficient (Wildman–Crippen LogP) is 1.62. The van der Waals surface area contributed by atoms with Crippen molar-refractivity contribution in [2.75, 3.05) is 0 Å². The van der Waals surface area contributed by atoms with Gasteiger partial charge in [0.1, 0.15) is 11.3 Å². The molecule has 1 fully saturated rings. The first kappa shape index (κ1) is 15.8. The van der Waals surface area contributed by atoms with Crippen molar-refractivity contribution in [2.24, 2.45) is 13.0 Å². The minimum atomic E-state index is -0.278. The highest BCUT2D eigenvalue weighted by Gasteiger charge is 2.36. The van der Waals surface area contributed by atoms with Crippen LogP contribution in [-0.2, 0) is 7.05 Å². The summed E-state index contributed by atoms with van der Waals surface area (Å²) in [4.78, 5) is 17.1. The molecule has 3 aromatic rings. The summed E-state index contributed by atoms with van der Waals surface area (Å²) < 4.78 is 3.58. The smallest absolute Gasteiger partial charge is 0.272 e. The Kier molecular flexibility index (Phi) is 3.80. The number of fused-ring (bicyclic) bond motifs is 1. The van der Waals surface area contributed by atoms with Gasteiger partial charge in [0.25, 0.3) is 5.91 Å². The Morgan fingerprint density at radius 1 is 1.32 bits per heavy atom. The second-order valence-corrected chi connectivity index (χ2v) is 6.88. The van der Waals surface area contributed by atoms with Gasteiger partial charge in [-0.15, -0.1) is 0 Å². The van der Waals surface area contributed by atoms with Crippen molar-refractivity contribution in [3.8, 4) is 0 Å². The van der Waals surface area contributed by atoms with Gasteiger partial charge in [-0.25, -0.2) is 4.98 Å². The molecular formula is C18H21N5O2. The molecule has 0 unspecified atom stereocenters. The number of nitrogens with zero attached hydrogens (tertiary/aromatic N) is 4. The number of hydrogen-bond donors (Lipinski definition) is 2. The topological polar surface area (TPSA) is 84.5 Å². The Hall–Kier alpha value is -2.67. The largest absolute Gasteiger partial charge is 0.393 e. The minimum absolute atomic E-state index is 0.170. The van der Waals surface area contributed by atoms with E-state index in [9.17, 15) is 9.90 Å². The zero-order valence-corrected chi connectivity index (χ0v) is 14.3. The number of nitrogens with one attached hydrogen (secondary N) is 1. The van der Waals surface area contributed by atoms with Crippen molar-refractivity contribution in [1.82, 2.24) is 24.5 Å². The van der Waals surface area contributed by atoms with Crippen LogP contribution in [0.25, 0.3) is 5.65 Å². The number of aliphatic hydroxyl groups is 1. The summed E-state index contributed by atoms with van der Waals surface area (Å²) in [7, 11) is 1.85. The minimum Gasteiger partial charge on any atom is -0.393 e. The van der Waals surface area contributed by atoms with Gasteiger partial charge in [-0.2, -0.15) is 5.10 Å². The Morgan fingerprint density at radius 2 is 2.12 bits per heavy atom. The Labute approximate surface area is 145 Å². The summed E-state index contributed by atoms with van der Waals surface area (Å²) in [6, 6.07) is 3.70. The Balaban J connectivity index is 1.58. The summed E-state index contributed by atoms with van der Waals surface area (Å²) in [5, 5.41) is 16.9.